The maximum absolute atomic E-state index is 13.4. The molecule has 5 rings (SSSR count). The molecule has 2 aromatic carbocycles. The Hall–Kier alpha value is -1.85. The molecule has 0 aliphatic carbocycles. The van der Waals surface area contributed by atoms with Gasteiger partial charge in [-0.05, 0) is 61.9 Å². The molecule has 10 heteroatoms. The number of sulfonamides is 2. The lowest BCUT2D eigenvalue weighted by Gasteiger charge is -2.31. The van der Waals surface area contributed by atoms with Gasteiger partial charge in [-0.25, -0.2) is 21.8 Å². The molecule has 3 heterocycles. The van der Waals surface area contributed by atoms with E-state index in [-0.39, 0.29) is 15.7 Å². The summed E-state index contributed by atoms with van der Waals surface area (Å²) in [5, 5.41) is 1.06. The van der Waals surface area contributed by atoms with E-state index in [0.29, 0.717) is 44.9 Å². The lowest BCUT2D eigenvalue weighted by atomic mass is 9.99. The molecule has 0 amide bonds. The van der Waals surface area contributed by atoms with E-state index in [2.05, 4.69) is 6.07 Å². The summed E-state index contributed by atoms with van der Waals surface area (Å²) < 4.78 is 57.2. The van der Waals surface area contributed by atoms with Crippen molar-refractivity contribution in [2.24, 2.45) is 5.92 Å². The van der Waals surface area contributed by atoms with Crippen LogP contribution in [0.3, 0.4) is 0 Å². The zero-order chi connectivity index (χ0) is 23.9. The Morgan fingerprint density at radius 2 is 1.53 bits per heavy atom. The average molecular weight is 520 g/mol. The molecule has 0 bridgehead atoms. The minimum atomic E-state index is -3.78. The van der Waals surface area contributed by atoms with Crippen LogP contribution in [0.5, 0.6) is 0 Å². The average Bonchev–Trinajstić information content (AvgIpc) is 3.29. The van der Waals surface area contributed by atoms with Gasteiger partial charge in [0.2, 0.25) is 20.0 Å². The van der Waals surface area contributed by atoms with Gasteiger partial charge in [-0.3, -0.25) is 0 Å². The largest absolute Gasteiger partial charge is 0.243 e. The van der Waals surface area contributed by atoms with Crippen LogP contribution >= 0.6 is 11.3 Å². The Morgan fingerprint density at radius 1 is 0.853 bits per heavy atom. The highest BCUT2D eigenvalue weighted by Crippen LogP contribution is 2.35. The van der Waals surface area contributed by atoms with Gasteiger partial charge in [0.25, 0.3) is 0 Å². The van der Waals surface area contributed by atoms with Crippen molar-refractivity contribution in [3.05, 3.63) is 53.5 Å². The smallest absolute Gasteiger partial charge is 0.241 e. The molecule has 0 spiro atoms. The molecule has 1 atom stereocenters. The number of nitrogens with zero attached hydrogens (tertiary/aromatic N) is 3. The number of piperidine rings is 2. The SMILES string of the molecule is CC1CCCN(S(=O)(=O)c2cccc(S(=O)(=O)N3CCC(c4nc5ccccc5s4)CC3)c2)C1. The number of hydrogen-bond donors (Lipinski definition) is 0. The van der Waals surface area contributed by atoms with Crippen LogP contribution in [0.25, 0.3) is 10.2 Å². The fraction of sp³-hybridized carbons (Fsp3) is 0.458. The predicted molar refractivity (Wildman–Crippen MR) is 134 cm³/mol. The van der Waals surface area contributed by atoms with Gasteiger partial charge in [-0.1, -0.05) is 25.1 Å². The highest BCUT2D eigenvalue weighted by molar-refractivity contribution is 7.90. The molecule has 1 aromatic heterocycles. The molecule has 7 nitrogen and oxygen atoms in total. The van der Waals surface area contributed by atoms with Gasteiger partial charge in [0.1, 0.15) is 0 Å². The third-order valence-corrected chi connectivity index (χ3v) is 11.8. The van der Waals surface area contributed by atoms with E-state index in [1.165, 1.54) is 32.9 Å². The van der Waals surface area contributed by atoms with Crippen molar-refractivity contribution in [1.82, 2.24) is 13.6 Å². The normalized spacial score (nSPS) is 21.7. The molecule has 2 saturated heterocycles. The number of para-hydroxylation sites is 1. The van der Waals surface area contributed by atoms with E-state index in [0.717, 1.165) is 28.1 Å². The second kappa shape index (κ2) is 9.31. The van der Waals surface area contributed by atoms with Gasteiger partial charge < -0.3 is 0 Å². The number of fused-ring (bicyclic) bond motifs is 1. The number of rotatable bonds is 5. The Balaban J connectivity index is 1.32. The molecule has 0 saturated carbocycles. The van der Waals surface area contributed by atoms with E-state index < -0.39 is 20.0 Å². The van der Waals surface area contributed by atoms with Gasteiger partial charge in [0, 0.05) is 32.1 Å². The molecule has 3 aromatic rings. The van der Waals surface area contributed by atoms with Crippen molar-refractivity contribution in [2.45, 2.75) is 48.3 Å². The van der Waals surface area contributed by atoms with E-state index in [1.807, 2.05) is 25.1 Å². The summed E-state index contributed by atoms with van der Waals surface area (Å²) in [6.45, 7) is 3.77. The van der Waals surface area contributed by atoms with E-state index >= 15 is 0 Å². The Kier molecular flexibility index (Phi) is 6.54. The Bertz CT molecular complexity index is 1360. The maximum atomic E-state index is 13.4. The summed E-state index contributed by atoms with van der Waals surface area (Å²) in [4.78, 5) is 4.84. The summed E-state index contributed by atoms with van der Waals surface area (Å²) in [6, 6.07) is 13.9. The van der Waals surface area contributed by atoms with Crippen molar-refractivity contribution in [2.75, 3.05) is 26.2 Å². The zero-order valence-corrected chi connectivity index (χ0v) is 21.6. The first kappa shape index (κ1) is 23.9. The Labute approximate surface area is 205 Å². The molecular weight excluding hydrogens is 490 g/mol. The minimum absolute atomic E-state index is 0.0390. The number of benzene rings is 2. The molecule has 2 aliphatic rings. The van der Waals surface area contributed by atoms with E-state index in [9.17, 15) is 16.8 Å². The molecule has 182 valence electrons. The number of aromatic nitrogens is 1. The van der Waals surface area contributed by atoms with E-state index in [1.54, 1.807) is 11.3 Å². The monoisotopic (exact) mass is 519 g/mol. The van der Waals surface area contributed by atoms with Crippen LogP contribution in [-0.4, -0.2) is 56.6 Å². The van der Waals surface area contributed by atoms with Crippen molar-refractivity contribution in [1.29, 1.82) is 0 Å². The summed E-state index contributed by atoms with van der Waals surface area (Å²) in [6.07, 6.45) is 3.22. The van der Waals surface area contributed by atoms with Crippen molar-refractivity contribution < 1.29 is 16.8 Å². The molecule has 2 fully saturated rings. The summed E-state index contributed by atoms with van der Waals surface area (Å²) in [7, 11) is -7.51. The third kappa shape index (κ3) is 4.54. The van der Waals surface area contributed by atoms with Crippen molar-refractivity contribution in [3.8, 4) is 0 Å². The first-order chi connectivity index (χ1) is 16.2. The van der Waals surface area contributed by atoms with Crippen molar-refractivity contribution in [3.63, 3.8) is 0 Å². The standard InChI is InChI=1S/C24H29N3O4S3/c1-18-6-5-13-27(17-18)34(30,31)21-8-4-7-20(16-21)33(28,29)26-14-11-19(12-15-26)24-25-22-9-2-3-10-23(22)32-24/h2-4,7-10,16,18-19H,5-6,11-15,17H2,1H3. The van der Waals surface area contributed by atoms with Gasteiger partial charge in [-0.15, -0.1) is 11.3 Å². The molecule has 0 radical (unpaired) electrons. The highest BCUT2D eigenvalue weighted by atomic mass is 32.2. The Morgan fingerprint density at radius 3 is 2.21 bits per heavy atom. The molecule has 2 aliphatic heterocycles. The second-order valence-corrected chi connectivity index (χ2v) is 14.2. The first-order valence-electron chi connectivity index (χ1n) is 11.7. The molecule has 34 heavy (non-hydrogen) atoms. The molecule has 0 N–H and O–H groups in total. The quantitative estimate of drug-likeness (QED) is 0.502. The third-order valence-electron chi connectivity index (χ3n) is 6.81. The summed E-state index contributed by atoms with van der Waals surface area (Å²) >= 11 is 1.68. The fourth-order valence-electron chi connectivity index (χ4n) is 4.87. The lowest BCUT2D eigenvalue weighted by molar-refractivity contribution is 0.281. The van der Waals surface area contributed by atoms with Crippen LogP contribution in [0.2, 0.25) is 0 Å². The van der Waals surface area contributed by atoms with Gasteiger partial charge in [-0.2, -0.15) is 8.61 Å². The highest BCUT2D eigenvalue weighted by Gasteiger charge is 2.33. The van der Waals surface area contributed by atoms with Gasteiger partial charge in [0.05, 0.1) is 25.0 Å². The maximum Gasteiger partial charge on any atom is 0.243 e. The van der Waals surface area contributed by atoms with Crippen LogP contribution in [0.4, 0.5) is 0 Å². The van der Waals surface area contributed by atoms with Crippen LogP contribution in [0.1, 0.15) is 43.5 Å². The lowest BCUT2D eigenvalue weighted by Crippen LogP contribution is -2.39. The summed E-state index contributed by atoms with van der Waals surface area (Å²) in [5.74, 6) is 0.531. The van der Waals surface area contributed by atoms with E-state index in [4.69, 9.17) is 4.98 Å². The van der Waals surface area contributed by atoms with Crippen LogP contribution in [0.15, 0.2) is 58.3 Å². The van der Waals surface area contributed by atoms with Crippen LogP contribution in [0, 0.1) is 5.92 Å². The zero-order valence-electron chi connectivity index (χ0n) is 19.1. The minimum Gasteiger partial charge on any atom is -0.241 e. The molecule has 1 unspecified atom stereocenters. The van der Waals surface area contributed by atoms with Gasteiger partial charge in [0.15, 0.2) is 0 Å². The van der Waals surface area contributed by atoms with Gasteiger partial charge >= 0.3 is 0 Å². The van der Waals surface area contributed by atoms with Crippen LogP contribution < -0.4 is 0 Å². The summed E-state index contributed by atoms with van der Waals surface area (Å²) in [5.41, 5.74) is 0.985. The first-order valence-corrected chi connectivity index (χ1v) is 15.4. The number of hydrogen-bond acceptors (Lipinski definition) is 6. The van der Waals surface area contributed by atoms with Crippen LogP contribution in [-0.2, 0) is 20.0 Å². The molecular formula is C24H29N3O4S3. The van der Waals surface area contributed by atoms with Crippen molar-refractivity contribution >= 4 is 41.6 Å². The topological polar surface area (TPSA) is 87.7 Å². The number of thiazole rings is 1. The second-order valence-electron chi connectivity index (χ2n) is 9.28. The predicted octanol–water partition coefficient (Wildman–Crippen LogP) is 4.29. The fourth-order valence-corrected chi connectivity index (χ4v) is 9.24.